The third-order valence-electron chi connectivity index (χ3n) is 5.33. The van der Waals surface area contributed by atoms with Gasteiger partial charge in [0, 0.05) is 5.02 Å². The second kappa shape index (κ2) is 5.83. The molecule has 0 saturated carbocycles. The van der Waals surface area contributed by atoms with Gasteiger partial charge in [-0.15, -0.1) is 0 Å². The van der Waals surface area contributed by atoms with E-state index in [1.807, 2.05) is 6.07 Å². The highest BCUT2D eigenvalue weighted by Crippen LogP contribution is 2.37. The molecule has 2 saturated heterocycles. The first-order valence-electron chi connectivity index (χ1n) is 8.16. The summed E-state index contributed by atoms with van der Waals surface area (Å²) in [6.07, 6.45) is 2.30. The molecule has 2 aliphatic rings. The van der Waals surface area contributed by atoms with Gasteiger partial charge in [0.2, 0.25) is 0 Å². The molecule has 0 amide bonds. The Balaban J connectivity index is 1.81. The fraction of sp³-hybridized carbons (Fsp3) is 0.647. The standard InChI is InChI=1S/C17H25BClNO2/c1-16(2)17(3,4)22-18(21-16)13-5-6-14(15(19)11-13)12-7-9-20-10-8-12/h5-6,11-12,20H,7-10H2,1-4H3. The number of nitrogens with one attached hydrogen (secondary N) is 1. The molecule has 1 aromatic rings. The zero-order valence-corrected chi connectivity index (χ0v) is 14.7. The second-order valence-corrected chi connectivity index (χ2v) is 7.80. The highest BCUT2D eigenvalue weighted by Gasteiger charge is 2.51. The molecule has 0 aromatic heterocycles. The van der Waals surface area contributed by atoms with Gasteiger partial charge in [0.05, 0.1) is 11.2 Å². The summed E-state index contributed by atoms with van der Waals surface area (Å²) in [6, 6.07) is 6.27. The van der Waals surface area contributed by atoms with Crippen LogP contribution in [0.4, 0.5) is 0 Å². The van der Waals surface area contributed by atoms with Crippen molar-refractivity contribution in [1.82, 2.24) is 5.32 Å². The maximum Gasteiger partial charge on any atom is 0.494 e. The smallest absolute Gasteiger partial charge is 0.399 e. The monoisotopic (exact) mass is 321 g/mol. The van der Waals surface area contributed by atoms with E-state index in [2.05, 4.69) is 45.1 Å². The number of piperidine rings is 1. The normalized spacial score (nSPS) is 24.7. The molecule has 1 N–H and O–H groups in total. The van der Waals surface area contributed by atoms with Gasteiger partial charge >= 0.3 is 7.12 Å². The number of benzene rings is 1. The highest BCUT2D eigenvalue weighted by atomic mass is 35.5. The molecule has 0 radical (unpaired) electrons. The summed E-state index contributed by atoms with van der Waals surface area (Å²) in [5.41, 5.74) is 1.61. The molecule has 1 aromatic carbocycles. The van der Waals surface area contributed by atoms with E-state index in [4.69, 9.17) is 20.9 Å². The summed E-state index contributed by atoms with van der Waals surface area (Å²) in [7, 11) is -0.343. The van der Waals surface area contributed by atoms with Crippen molar-refractivity contribution in [3.05, 3.63) is 28.8 Å². The topological polar surface area (TPSA) is 30.5 Å². The first kappa shape index (κ1) is 16.3. The summed E-state index contributed by atoms with van der Waals surface area (Å²) >= 11 is 6.55. The summed E-state index contributed by atoms with van der Waals surface area (Å²) in [4.78, 5) is 0. The van der Waals surface area contributed by atoms with Gasteiger partial charge in [-0.2, -0.15) is 0 Å². The quantitative estimate of drug-likeness (QED) is 0.849. The molecule has 2 fully saturated rings. The molecule has 3 rings (SSSR count). The summed E-state index contributed by atoms with van der Waals surface area (Å²) in [5.74, 6) is 0.557. The van der Waals surface area contributed by atoms with Crippen LogP contribution in [0.25, 0.3) is 0 Å². The molecule has 0 spiro atoms. The molecule has 3 nitrogen and oxygen atoms in total. The van der Waals surface area contributed by atoms with Crippen molar-refractivity contribution in [2.24, 2.45) is 0 Å². The van der Waals surface area contributed by atoms with E-state index in [1.165, 1.54) is 5.56 Å². The fourth-order valence-corrected chi connectivity index (χ4v) is 3.48. The Kier molecular flexibility index (Phi) is 4.32. The average Bonchev–Trinajstić information content (AvgIpc) is 2.68. The molecule has 2 aliphatic heterocycles. The molecular formula is C17H25BClNO2. The van der Waals surface area contributed by atoms with E-state index in [-0.39, 0.29) is 18.3 Å². The molecule has 0 unspecified atom stereocenters. The van der Waals surface area contributed by atoms with Crippen LogP contribution < -0.4 is 10.8 Å². The zero-order valence-electron chi connectivity index (χ0n) is 13.9. The van der Waals surface area contributed by atoms with E-state index in [0.29, 0.717) is 5.92 Å². The van der Waals surface area contributed by atoms with Crippen LogP contribution in [0.3, 0.4) is 0 Å². The van der Waals surface area contributed by atoms with Crippen LogP contribution in [0.2, 0.25) is 5.02 Å². The Morgan fingerprint density at radius 3 is 2.23 bits per heavy atom. The average molecular weight is 322 g/mol. The van der Waals surface area contributed by atoms with Gasteiger partial charge in [-0.25, -0.2) is 0 Å². The fourth-order valence-electron chi connectivity index (χ4n) is 3.13. The van der Waals surface area contributed by atoms with Gasteiger partial charge in [-0.3, -0.25) is 0 Å². The Morgan fingerprint density at radius 2 is 1.68 bits per heavy atom. The second-order valence-electron chi connectivity index (χ2n) is 7.39. The molecule has 5 heteroatoms. The number of rotatable bonds is 2. The predicted octanol–water partition coefficient (Wildman–Crippen LogP) is 3.11. The van der Waals surface area contributed by atoms with Crippen molar-refractivity contribution in [1.29, 1.82) is 0 Å². The van der Waals surface area contributed by atoms with Gasteiger partial charge in [0.25, 0.3) is 0 Å². The van der Waals surface area contributed by atoms with Gasteiger partial charge in [-0.05, 0) is 76.6 Å². The lowest BCUT2D eigenvalue weighted by atomic mass is 9.77. The SMILES string of the molecule is CC1(C)OB(c2ccc(C3CCNCC3)c(Cl)c2)OC1(C)C. The maximum absolute atomic E-state index is 6.55. The van der Waals surface area contributed by atoms with Gasteiger partial charge < -0.3 is 14.6 Å². The number of hydrogen-bond donors (Lipinski definition) is 1. The van der Waals surface area contributed by atoms with Crippen LogP contribution in [0, 0.1) is 0 Å². The van der Waals surface area contributed by atoms with E-state index >= 15 is 0 Å². The van der Waals surface area contributed by atoms with E-state index in [9.17, 15) is 0 Å². The third kappa shape index (κ3) is 2.94. The van der Waals surface area contributed by atoms with Crippen LogP contribution in [0.1, 0.15) is 52.0 Å². The van der Waals surface area contributed by atoms with Crippen molar-refractivity contribution < 1.29 is 9.31 Å². The predicted molar refractivity (Wildman–Crippen MR) is 92.0 cm³/mol. The van der Waals surface area contributed by atoms with Gasteiger partial charge in [0.1, 0.15) is 0 Å². The Labute approximate surface area is 138 Å². The Hall–Kier alpha value is -0.545. The van der Waals surface area contributed by atoms with E-state index in [1.54, 1.807) is 0 Å². The Bertz CT molecular complexity index is 540. The van der Waals surface area contributed by atoms with Crippen LogP contribution in [-0.4, -0.2) is 31.4 Å². The molecule has 0 bridgehead atoms. The van der Waals surface area contributed by atoms with E-state index in [0.717, 1.165) is 36.4 Å². The molecule has 120 valence electrons. The molecule has 2 heterocycles. The third-order valence-corrected chi connectivity index (χ3v) is 5.66. The zero-order chi connectivity index (χ0) is 16.0. The minimum absolute atomic E-state index is 0.322. The highest BCUT2D eigenvalue weighted by molar-refractivity contribution is 6.62. The van der Waals surface area contributed by atoms with Crippen LogP contribution >= 0.6 is 11.6 Å². The molecule has 0 aliphatic carbocycles. The summed E-state index contributed by atoms with van der Waals surface area (Å²) in [5, 5.41) is 4.23. The summed E-state index contributed by atoms with van der Waals surface area (Å²) in [6.45, 7) is 10.4. The Morgan fingerprint density at radius 1 is 1.09 bits per heavy atom. The van der Waals surface area contributed by atoms with Crippen molar-refractivity contribution >= 4 is 24.2 Å². The first-order chi connectivity index (χ1) is 10.3. The molecule has 22 heavy (non-hydrogen) atoms. The van der Waals surface area contributed by atoms with Gasteiger partial charge in [-0.1, -0.05) is 23.7 Å². The largest absolute Gasteiger partial charge is 0.494 e. The lowest BCUT2D eigenvalue weighted by Gasteiger charge is -2.32. The number of halogens is 1. The molecule has 0 atom stereocenters. The van der Waals surface area contributed by atoms with Gasteiger partial charge in [0.15, 0.2) is 0 Å². The van der Waals surface area contributed by atoms with E-state index < -0.39 is 0 Å². The van der Waals surface area contributed by atoms with Crippen molar-refractivity contribution in [2.75, 3.05) is 13.1 Å². The molecular weight excluding hydrogens is 296 g/mol. The van der Waals surface area contributed by atoms with Crippen molar-refractivity contribution in [3.63, 3.8) is 0 Å². The maximum atomic E-state index is 6.55. The van der Waals surface area contributed by atoms with Crippen LogP contribution in [0.15, 0.2) is 18.2 Å². The van der Waals surface area contributed by atoms with Crippen molar-refractivity contribution in [2.45, 2.75) is 57.7 Å². The van der Waals surface area contributed by atoms with Crippen LogP contribution in [-0.2, 0) is 9.31 Å². The number of hydrogen-bond acceptors (Lipinski definition) is 3. The lowest BCUT2D eigenvalue weighted by Crippen LogP contribution is -2.41. The van der Waals surface area contributed by atoms with Crippen LogP contribution in [0.5, 0.6) is 0 Å². The minimum Gasteiger partial charge on any atom is -0.399 e. The summed E-state index contributed by atoms with van der Waals surface area (Å²) < 4.78 is 12.2. The van der Waals surface area contributed by atoms with Crippen molar-refractivity contribution in [3.8, 4) is 0 Å². The minimum atomic E-state index is -0.343. The first-order valence-corrected chi connectivity index (χ1v) is 8.54. The lowest BCUT2D eigenvalue weighted by molar-refractivity contribution is 0.00578.